The van der Waals surface area contributed by atoms with Gasteiger partial charge < -0.3 is 14.0 Å². The van der Waals surface area contributed by atoms with E-state index in [1.54, 1.807) is 6.21 Å². The van der Waals surface area contributed by atoms with E-state index in [1.165, 1.54) is 5.69 Å². The van der Waals surface area contributed by atoms with Crippen LogP contribution >= 0.6 is 0 Å². The van der Waals surface area contributed by atoms with Gasteiger partial charge in [-0.05, 0) is 62.8 Å². The molecule has 0 bridgehead atoms. The summed E-state index contributed by atoms with van der Waals surface area (Å²) in [4.78, 5) is 12.2. The highest BCUT2D eigenvalue weighted by atomic mass is 16.5. The fraction of sp³-hybridized carbons (Fsp3) is 0.500. The number of benzene rings is 1. The van der Waals surface area contributed by atoms with Crippen LogP contribution in [0.2, 0.25) is 0 Å². The van der Waals surface area contributed by atoms with Crippen LogP contribution in [0.3, 0.4) is 0 Å². The van der Waals surface area contributed by atoms with Gasteiger partial charge in [0, 0.05) is 30.1 Å². The zero-order valence-electron chi connectivity index (χ0n) is 18.7. The van der Waals surface area contributed by atoms with Crippen molar-refractivity contribution in [3.63, 3.8) is 0 Å². The smallest absolute Gasteiger partial charge is 0.277 e. The molecule has 2 heterocycles. The molecule has 1 N–H and O–H groups in total. The third kappa shape index (κ3) is 5.51. The van der Waals surface area contributed by atoms with E-state index in [1.807, 2.05) is 13.0 Å². The van der Waals surface area contributed by atoms with Gasteiger partial charge in [0.15, 0.2) is 6.61 Å². The van der Waals surface area contributed by atoms with Gasteiger partial charge in [-0.15, -0.1) is 0 Å². The maximum Gasteiger partial charge on any atom is 0.277 e. The standard InChI is InChI=1S/C24H33N3O3/c1-16(2)22-9-8-17(3)11-23(22)30-15-24(28)26-25-13-20-12-18(4)27(19(20)5)14-21-7-6-10-29-21/h8-9,11-13,16,21H,6-7,10,14-15H2,1-5H3,(H,26,28)/b25-13-/t21-/m1/s1. The maximum atomic E-state index is 12.2. The highest BCUT2D eigenvalue weighted by molar-refractivity contribution is 5.84. The number of carbonyl (C=O) groups is 1. The van der Waals surface area contributed by atoms with E-state index in [2.05, 4.69) is 61.0 Å². The summed E-state index contributed by atoms with van der Waals surface area (Å²) in [5.74, 6) is 0.795. The first kappa shape index (κ1) is 22.1. The van der Waals surface area contributed by atoms with Crippen LogP contribution in [-0.2, 0) is 16.1 Å². The average molecular weight is 412 g/mol. The first-order valence-electron chi connectivity index (χ1n) is 10.7. The molecule has 1 saturated heterocycles. The van der Waals surface area contributed by atoms with Gasteiger partial charge in [0.2, 0.25) is 0 Å². The number of nitrogens with one attached hydrogen (secondary N) is 1. The van der Waals surface area contributed by atoms with E-state index < -0.39 is 0 Å². The van der Waals surface area contributed by atoms with Crippen molar-refractivity contribution in [3.8, 4) is 5.75 Å². The molecule has 0 spiro atoms. The van der Waals surface area contributed by atoms with E-state index >= 15 is 0 Å². The number of amides is 1. The van der Waals surface area contributed by atoms with Gasteiger partial charge in [0.05, 0.1) is 12.3 Å². The average Bonchev–Trinajstić information content (AvgIpc) is 3.30. The van der Waals surface area contributed by atoms with Crippen molar-refractivity contribution in [3.05, 3.63) is 52.3 Å². The van der Waals surface area contributed by atoms with Crippen LogP contribution in [0.4, 0.5) is 0 Å². The lowest BCUT2D eigenvalue weighted by molar-refractivity contribution is -0.123. The molecule has 1 aliphatic rings. The lowest BCUT2D eigenvalue weighted by Crippen LogP contribution is -2.25. The quantitative estimate of drug-likeness (QED) is 0.522. The number of aryl methyl sites for hydroxylation is 2. The zero-order valence-corrected chi connectivity index (χ0v) is 18.7. The third-order valence-corrected chi connectivity index (χ3v) is 5.57. The van der Waals surface area contributed by atoms with Crippen LogP contribution in [0, 0.1) is 20.8 Å². The van der Waals surface area contributed by atoms with E-state index in [0.717, 1.165) is 54.1 Å². The summed E-state index contributed by atoms with van der Waals surface area (Å²) >= 11 is 0. The minimum atomic E-state index is -0.282. The molecule has 1 atom stereocenters. The molecule has 2 aromatic rings. The number of ether oxygens (including phenoxy) is 2. The van der Waals surface area contributed by atoms with E-state index in [9.17, 15) is 4.79 Å². The second-order valence-corrected chi connectivity index (χ2v) is 8.35. The number of hydrogen-bond acceptors (Lipinski definition) is 4. The monoisotopic (exact) mass is 411 g/mol. The molecule has 1 aliphatic heterocycles. The highest BCUT2D eigenvalue weighted by Crippen LogP contribution is 2.27. The molecule has 6 heteroatoms. The van der Waals surface area contributed by atoms with E-state index in [-0.39, 0.29) is 18.6 Å². The van der Waals surface area contributed by atoms with Crippen molar-refractivity contribution in [2.45, 2.75) is 66.0 Å². The molecule has 1 amide bonds. The number of hydrazone groups is 1. The first-order chi connectivity index (χ1) is 14.3. The SMILES string of the molecule is Cc1ccc(C(C)C)c(OCC(=O)N/N=C\c2cc(C)n(C[C@H]3CCCO3)c2C)c1. The first-order valence-corrected chi connectivity index (χ1v) is 10.7. The van der Waals surface area contributed by atoms with E-state index in [0.29, 0.717) is 5.92 Å². The van der Waals surface area contributed by atoms with Crippen LogP contribution in [-0.4, -0.2) is 36.0 Å². The Morgan fingerprint density at radius 2 is 2.13 bits per heavy atom. The van der Waals surface area contributed by atoms with Crippen molar-refractivity contribution in [1.29, 1.82) is 0 Å². The number of hydrogen-bond donors (Lipinski definition) is 1. The van der Waals surface area contributed by atoms with Crippen LogP contribution < -0.4 is 10.2 Å². The summed E-state index contributed by atoms with van der Waals surface area (Å²) in [6, 6.07) is 8.16. The molecule has 3 rings (SSSR count). The van der Waals surface area contributed by atoms with Crippen molar-refractivity contribution < 1.29 is 14.3 Å². The minimum absolute atomic E-state index is 0.0709. The molecule has 0 saturated carbocycles. The molecule has 0 unspecified atom stereocenters. The van der Waals surface area contributed by atoms with E-state index in [4.69, 9.17) is 9.47 Å². The molecular formula is C24H33N3O3. The summed E-state index contributed by atoms with van der Waals surface area (Å²) in [6.07, 6.45) is 4.22. The summed E-state index contributed by atoms with van der Waals surface area (Å²) in [5.41, 5.74) is 8.04. The Morgan fingerprint density at radius 3 is 2.83 bits per heavy atom. The van der Waals surface area contributed by atoms with Gasteiger partial charge >= 0.3 is 0 Å². The third-order valence-electron chi connectivity index (χ3n) is 5.57. The lowest BCUT2D eigenvalue weighted by Gasteiger charge is -2.14. The van der Waals surface area contributed by atoms with Gasteiger partial charge in [0.1, 0.15) is 5.75 Å². The van der Waals surface area contributed by atoms with Gasteiger partial charge in [-0.2, -0.15) is 5.10 Å². The molecule has 0 aliphatic carbocycles. The largest absolute Gasteiger partial charge is 0.483 e. The Bertz CT molecular complexity index is 909. The Kier molecular flexibility index (Phi) is 7.32. The van der Waals surface area contributed by atoms with Crippen molar-refractivity contribution in [2.75, 3.05) is 13.2 Å². The number of aromatic nitrogens is 1. The molecule has 30 heavy (non-hydrogen) atoms. The molecule has 1 fully saturated rings. The molecule has 162 valence electrons. The number of rotatable bonds is 8. The van der Waals surface area contributed by atoms with Crippen molar-refractivity contribution in [2.24, 2.45) is 5.10 Å². The normalized spacial score (nSPS) is 16.5. The summed E-state index contributed by atoms with van der Waals surface area (Å²) in [6.45, 7) is 12.0. The van der Waals surface area contributed by atoms with Gasteiger partial charge in [-0.25, -0.2) is 5.43 Å². The van der Waals surface area contributed by atoms with Crippen LogP contribution in [0.5, 0.6) is 5.75 Å². The van der Waals surface area contributed by atoms with Crippen LogP contribution in [0.25, 0.3) is 0 Å². The number of nitrogens with zero attached hydrogens (tertiary/aromatic N) is 2. The predicted octanol–water partition coefficient (Wildman–Crippen LogP) is 4.24. The van der Waals surface area contributed by atoms with Crippen molar-refractivity contribution in [1.82, 2.24) is 9.99 Å². The topological polar surface area (TPSA) is 64.8 Å². The molecule has 6 nitrogen and oxygen atoms in total. The Hall–Kier alpha value is -2.60. The maximum absolute atomic E-state index is 12.2. The fourth-order valence-electron chi connectivity index (χ4n) is 3.82. The minimum Gasteiger partial charge on any atom is -0.483 e. The van der Waals surface area contributed by atoms with Gasteiger partial charge in [-0.1, -0.05) is 26.0 Å². The summed E-state index contributed by atoms with van der Waals surface area (Å²) in [7, 11) is 0. The molecular weight excluding hydrogens is 378 g/mol. The van der Waals surface area contributed by atoms with Crippen LogP contribution in [0.1, 0.15) is 60.7 Å². The zero-order chi connectivity index (χ0) is 21.7. The van der Waals surface area contributed by atoms with Crippen LogP contribution in [0.15, 0.2) is 29.4 Å². The fourth-order valence-corrected chi connectivity index (χ4v) is 3.82. The van der Waals surface area contributed by atoms with Gasteiger partial charge in [-0.3, -0.25) is 4.79 Å². The second kappa shape index (κ2) is 9.94. The molecule has 1 aromatic heterocycles. The second-order valence-electron chi connectivity index (χ2n) is 8.35. The summed E-state index contributed by atoms with van der Waals surface area (Å²) in [5, 5.41) is 4.13. The molecule has 0 radical (unpaired) electrons. The predicted molar refractivity (Wildman–Crippen MR) is 119 cm³/mol. The summed E-state index contributed by atoms with van der Waals surface area (Å²) < 4.78 is 13.8. The Balaban J connectivity index is 1.56. The van der Waals surface area contributed by atoms with Crippen molar-refractivity contribution >= 4 is 12.1 Å². The van der Waals surface area contributed by atoms with Gasteiger partial charge in [0.25, 0.3) is 5.91 Å². The highest BCUT2D eigenvalue weighted by Gasteiger charge is 2.18. The lowest BCUT2D eigenvalue weighted by atomic mass is 10.0. The number of carbonyl (C=O) groups excluding carboxylic acids is 1. The Labute approximate surface area is 179 Å². The molecule has 1 aromatic carbocycles. The Morgan fingerprint density at radius 1 is 1.33 bits per heavy atom.